The van der Waals surface area contributed by atoms with E-state index in [9.17, 15) is 48.6 Å². The molecule has 2 unspecified atom stereocenters. The summed E-state index contributed by atoms with van der Waals surface area (Å²) < 4.78 is 43.0. The number of carboxylic acid groups (broad SMARTS) is 2. The van der Waals surface area contributed by atoms with Crippen LogP contribution in [-0.2, 0) is 66.0 Å². The molecule has 5 heterocycles. The second kappa shape index (κ2) is 31.3. The molecule has 2 aromatic carbocycles. The first-order valence-corrected chi connectivity index (χ1v) is 39.1. The number of amides is 2. The van der Waals surface area contributed by atoms with Crippen LogP contribution >= 0.6 is 35.0 Å². The zero-order chi connectivity index (χ0) is 76.2. The lowest BCUT2D eigenvalue weighted by Gasteiger charge is -2.35. The standard InChI is InChI=1S/C40H53ClN2O9.C39H48ClN5O8S/c1-7-24-19-40(24,38(47)48)20-31(44)30-17-27(51-33-16-25(9-8-12-49-5)42-36-28(33)10-11-32(50-6)35(36)41)21-43(30)37(46)29(39(2,3)4)18-34(45)52-26-14-22-13-23(22)15-26;1-7-22-16-39(22,36(49)50)17-28(46)27-13-24(18-45(27)35(48)26(38(2,3)4)14-32(47)53-23-11-20-10-21(20)12-23)52-30-15-31(54-37-43-41-19-44(37)5)42-34-25(30)8-9-29(51-6)33(34)40/h10-11,16,22-24,26-27,29-30H,7-9,12-15,17-21H2,1-6H3,(H,47,48);8-9,15,19-24,26-27H,7,10-14,16-18H2,1-6H3,(H,49,50)/t22-,23+,24-,26?,27-,29-,30+,40-;20-,21+,22-,23?,24-,26-,27+,39-/m11/s1. The van der Waals surface area contributed by atoms with Gasteiger partial charge in [0, 0.05) is 75.0 Å². The van der Waals surface area contributed by atoms with Crippen LogP contribution < -0.4 is 18.9 Å². The number of pyridine rings is 2. The minimum Gasteiger partial charge on any atom is -0.495 e. The summed E-state index contributed by atoms with van der Waals surface area (Å²) in [5, 5.41) is 31.5. The number of aliphatic carboxylic acids is 2. The summed E-state index contributed by atoms with van der Waals surface area (Å²) in [6, 6.07) is 8.86. The number of aromatic nitrogens is 5. The number of halogens is 2. The van der Waals surface area contributed by atoms with Crippen LogP contribution in [0.2, 0.25) is 10.0 Å². The molecule has 24 nitrogen and oxygen atoms in total. The van der Waals surface area contributed by atoms with Crippen molar-refractivity contribution in [2.45, 2.75) is 218 Å². The Labute approximate surface area is 633 Å². The van der Waals surface area contributed by atoms with E-state index >= 15 is 0 Å². The molecular formula is C79H101Cl2N7O17S. The molecule has 8 fully saturated rings. The number of hydrogen-bond acceptors (Lipinski definition) is 20. The Bertz CT molecular complexity index is 4200. The summed E-state index contributed by atoms with van der Waals surface area (Å²) in [6.45, 7) is 16.0. The van der Waals surface area contributed by atoms with Crippen LogP contribution in [0.3, 0.4) is 0 Å². The lowest BCUT2D eigenvalue weighted by atomic mass is 9.77. The topological polar surface area (TPSA) is 305 Å². The number of Topliss-reactive ketones (excluding diaryl/α,β-unsaturated/α-hetero) is 2. The third-order valence-electron chi connectivity index (χ3n) is 23.9. The maximum absolute atomic E-state index is 14.7. The van der Waals surface area contributed by atoms with E-state index < -0.39 is 81.7 Å². The fraction of sp³-hybridized carbons (Fsp3) is 0.646. The first kappa shape index (κ1) is 78.2. The van der Waals surface area contributed by atoms with Gasteiger partial charge in [0.2, 0.25) is 11.8 Å². The van der Waals surface area contributed by atoms with Gasteiger partial charge in [0.05, 0.1) is 85.9 Å². The van der Waals surface area contributed by atoms with Gasteiger partial charge >= 0.3 is 23.9 Å². The molecule has 8 aliphatic rings. The van der Waals surface area contributed by atoms with Crippen LogP contribution in [0.5, 0.6) is 23.0 Å². The number of ether oxygens (including phenoxy) is 7. The van der Waals surface area contributed by atoms with Crippen LogP contribution in [0.15, 0.2) is 52.9 Å². The van der Waals surface area contributed by atoms with Crippen LogP contribution in [-0.4, -0.2) is 170 Å². The molecule has 0 bridgehead atoms. The number of carboxylic acids is 2. The molecule has 2 saturated heterocycles. The number of benzene rings is 2. The molecule has 106 heavy (non-hydrogen) atoms. The highest BCUT2D eigenvalue weighted by molar-refractivity contribution is 7.99. The molecule has 2 amide bonds. The lowest BCUT2D eigenvalue weighted by Crippen LogP contribution is -2.48. The second-order valence-electron chi connectivity index (χ2n) is 33.2. The van der Waals surface area contributed by atoms with Gasteiger partial charge in [0.1, 0.15) is 68.8 Å². The summed E-state index contributed by atoms with van der Waals surface area (Å²) in [5.74, 6) is -1.41. The van der Waals surface area contributed by atoms with E-state index in [0.717, 1.165) is 37.8 Å². The number of aryl methyl sites for hydroxylation is 2. The first-order chi connectivity index (χ1) is 50.3. The number of fused-ring (bicyclic) bond motifs is 4. The molecule has 13 rings (SSSR count). The Morgan fingerprint density at radius 2 is 1.05 bits per heavy atom. The van der Waals surface area contributed by atoms with Crippen molar-refractivity contribution in [2.24, 2.45) is 76.1 Å². The quantitative estimate of drug-likeness (QED) is 0.0319. The third-order valence-corrected chi connectivity index (χ3v) is 25.6. The summed E-state index contributed by atoms with van der Waals surface area (Å²) in [6.07, 6.45) is 9.26. The maximum atomic E-state index is 14.7. The molecule has 27 heteroatoms. The summed E-state index contributed by atoms with van der Waals surface area (Å²) in [4.78, 5) is 122. The van der Waals surface area contributed by atoms with Gasteiger partial charge in [-0.2, -0.15) is 0 Å². The monoisotopic (exact) mass is 1520 g/mol. The molecule has 2 aliphatic heterocycles. The normalized spacial score (nSPS) is 28.0. The van der Waals surface area contributed by atoms with Crippen molar-refractivity contribution >= 4 is 104 Å². The van der Waals surface area contributed by atoms with E-state index in [-0.39, 0.29) is 99.0 Å². The fourth-order valence-electron chi connectivity index (χ4n) is 17.3. The molecule has 6 saturated carbocycles. The highest BCUT2D eigenvalue weighted by Gasteiger charge is 2.63. The number of carbonyl (C=O) groups is 8. The highest BCUT2D eigenvalue weighted by Crippen LogP contribution is 2.60. The van der Waals surface area contributed by atoms with E-state index in [1.807, 2.05) is 74.6 Å². The first-order valence-electron chi connectivity index (χ1n) is 37.5. The molecule has 0 spiro atoms. The van der Waals surface area contributed by atoms with Crippen LogP contribution in [0.1, 0.15) is 170 Å². The Morgan fingerprint density at radius 1 is 0.604 bits per heavy atom. The van der Waals surface area contributed by atoms with Gasteiger partial charge in [-0.05, 0) is 147 Å². The Morgan fingerprint density at radius 3 is 1.43 bits per heavy atom. The molecule has 574 valence electrons. The fourth-order valence-corrected chi connectivity index (χ4v) is 18.6. The Hall–Kier alpha value is -7.35. The van der Waals surface area contributed by atoms with Gasteiger partial charge in [-0.15, -0.1) is 10.2 Å². The van der Waals surface area contributed by atoms with Crippen LogP contribution in [0, 0.1) is 69.0 Å². The third kappa shape index (κ3) is 16.8. The second-order valence-corrected chi connectivity index (χ2v) is 34.9. The summed E-state index contributed by atoms with van der Waals surface area (Å²) in [7, 11) is 6.51. The summed E-state index contributed by atoms with van der Waals surface area (Å²) >= 11 is 14.8. The number of methoxy groups -OCH3 is 3. The molecule has 6 aliphatic carbocycles. The lowest BCUT2D eigenvalue weighted by molar-refractivity contribution is -0.157. The van der Waals surface area contributed by atoms with Gasteiger partial charge in [0.25, 0.3) is 0 Å². The van der Waals surface area contributed by atoms with E-state index in [1.165, 1.54) is 43.7 Å². The van der Waals surface area contributed by atoms with Crippen LogP contribution in [0.4, 0.5) is 0 Å². The number of nitrogens with zero attached hydrogens (tertiary/aromatic N) is 7. The van der Waals surface area contributed by atoms with Crippen molar-refractivity contribution in [1.29, 1.82) is 0 Å². The zero-order valence-electron chi connectivity index (χ0n) is 62.8. The Balaban J connectivity index is 0.000000199. The predicted molar refractivity (Wildman–Crippen MR) is 394 cm³/mol. The van der Waals surface area contributed by atoms with E-state index in [1.54, 1.807) is 47.2 Å². The molecule has 3 aromatic heterocycles. The smallest absolute Gasteiger partial charge is 0.310 e. The van der Waals surface area contributed by atoms with E-state index in [0.29, 0.717) is 127 Å². The van der Waals surface area contributed by atoms with Gasteiger partial charge in [-0.3, -0.25) is 43.3 Å². The molecule has 16 atom stereocenters. The van der Waals surface area contributed by atoms with Gasteiger partial charge in [-0.25, -0.2) is 4.98 Å². The minimum atomic E-state index is -1.14. The number of hydrogen-bond donors (Lipinski definition) is 2. The maximum Gasteiger partial charge on any atom is 0.310 e. The van der Waals surface area contributed by atoms with Crippen molar-refractivity contribution in [3.8, 4) is 23.0 Å². The number of rotatable bonds is 30. The average Bonchev–Trinajstić information content (AvgIpc) is 1.60. The zero-order valence-corrected chi connectivity index (χ0v) is 65.1. The largest absolute Gasteiger partial charge is 0.495 e. The van der Waals surface area contributed by atoms with Gasteiger partial charge in [-0.1, -0.05) is 91.4 Å². The van der Waals surface area contributed by atoms with Crippen molar-refractivity contribution < 1.29 is 81.7 Å². The minimum absolute atomic E-state index is 0.0552. The Kier molecular flexibility index (Phi) is 23.1. The predicted octanol–water partition coefficient (Wildman–Crippen LogP) is 13.1. The molecule has 5 aromatic rings. The van der Waals surface area contributed by atoms with E-state index in [2.05, 4.69) is 10.2 Å². The van der Waals surface area contributed by atoms with Crippen molar-refractivity contribution in [3.05, 3.63) is 58.5 Å². The molecular weight excluding hydrogens is 1420 g/mol. The summed E-state index contributed by atoms with van der Waals surface area (Å²) in [5.41, 5.74) is -1.85. The van der Waals surface area contributed by atoms with Crippen molar-refractivity contribution in [3.63, 3.8) is 0 Å². The number of esters is 2. The molecule has 0 radical (unpaired) electrons. The van der Waals surface area contributed by atoms with Crippen molar-refractivity contribution in [2.75, 3.05) is 41.0 Å². The van der Waals surface area contributed by atoms with Crippen LogP contribution in [0.25, 0.3) is 21.8 Å². The molecule has 2 N–H and O–H groups in total. The number of ketones is 2. The van der Waals surface area contributed by atoms with Crippen molar-refractivity contribution in [1.82, 2.24) is 34.5 Å². The van der Waals surface area contributed by atoms with Gasteiger partial charge in [0.15, 0.2) is 16.7 Å². The SMILES string of the molecule is CC[C@@H]1C[C@]1(CC(=O)[C@@H]1C[C@@H](Oc2cc(CCCOC)nc3c(Cl)c(OC)ccc23)CN1C(=O)[C@@H](CC(=O)OC1C[C@@H]2C[C@@H]2C1)C(C)(C)C)C(=O)O.CC[C@@H]1C[C@]1(CC(=O)[C@@H]1C[C@@H](Oc2cc(Sc3nncn3C)nc3c(Cl)c(OC)ccc23)CN1C(=O)[C@@H](CC(=O)OC1C[C@@H]2C[C@@H]2C1)C(C)(C)C)C(=O)O. The van der Waals surface area contributed by atoms with E-state index in [4.69, 9.17) is 66.3 Å². The van der Waals surface area contributed by atoms with Gasteiger partial charge < -0.3 is 57.7 Å². The highest BCUT2D eigenvalue weighted by atomic mass is 35.5. The average molecular weight is 1520 g/mol. The number of carbonyl (C=O) groups excluding carboxylic acids is 6. The number of likely N-dealkylation sites (tertiary alicyclic amines) is 2.